The summed E-state index contributed by atoms with van der Waals surface area (Å²) < 4.78 is 16.7. The van der Waals surface area contributed by atoms with Crippen molar-refractivity contribution in [3.05, 3.63) is 72.9 Å². The summed E-state index contributed by atoms with van der Waals surface area (Å²) in [6.45, 7) is 6.53. The number of hydrogen-bond donors (Lipinski definition) is 0. The molecule has 0 N–H and O–H groups in total. The van der Waals surface area contributed by atoms with Gasteiger partial charge in [0.1, 0.15) is 13.2 Å². The summed E-state index contributed by atoms with van der Waals surface area (Å²) in [6.07, 6.45) is 69.1. The Morgan fingerprint density at radius 3 is 1.00 bits per heavy atom. The van der Waals surface area contributed by atoms with Gasteiger partial charge in [0.05, 0.1) is 0 Å². The number of ether oxygens (including phenoxy) is 3. The molecule has 0 aromatic carbocycles. The lowest BCUT2D eigenvalue weighted by atomic mass is 10.1. The third-order valence-electron chi connectivity index (χ3n) is 11.9. The fourth-order valence-corrected chi connectivity index (χ4v) is 7.68. The van der Waals surface area contributed by atoms with Gasteiger partial charge in [0.25, 0.3) is 0 Å². The minimum Gasteiger partial charge on any atom is -0.462 e. The van der Waals surface area contributed by atoms with Gasteiger partial charge in [0.15, 0.2) is 6.10 Å². The molecule has 0 rings (SSSR count). The minimum absolute atomic E-state index is 0.116. The van der Waals surface area contributed by atoms with Gasteiger partial charge in [-0.1, -0.05) is 229 Å². The first-order valence-electron chi connectivity index (χ1n) is 27.9. The predicted octanol–water partition coefficient (Wildman–Crippen LogP) is 18.6. The molecule has 0 aliphatic carbocycles. The summed E-state index contributed by atoms with van der Waals surface area (Å²) in [7, 11) is 0. The van der Waals surface area contributed by atoms with Gasteiger partial charge in [-0.15, -0.1) is 0 Å². The summed E-state index contributed by atoms with van der Waals surface area (Å²) in [5.41, 5.74) is 0. The summed E-state index contributed by atoms with van der Waals surface area (Å²) >= 11 is 0. The Morgan fingerprint density at radius 1 is 0.303 bits per heavy atom. The molecule has 0 fully saturated rings. The van der Waals surface area contributed by atoms with Crippen molar-refractivity contribution in [1.29, 1.82) is 0 Å². The molecular weight excluding hydrogens is 817 g/mol. The lowest BCUT2D eigenvalue weighted by molar-refractivity contribution is -0.166. The normalized spacial score (nSPS) is 12.6. The zero-order valence-corrected chi connectivity index (χ0v) is 43.4. The van der Waals surface area contributed by atoms with Crippen molar-refractivity contribution in [3.63, 3.8) is 0 Å². The van der Waals surface area contributed by atoms with E-state index in [0.29, 0.717) is 19.3 Å². The highest BCUT2D eigenvalue weighted by Gasteiger charge is 2.19. The minimum atomic E-state index is -0.827. The molecule has 1 unspecified atom stereocenters. The van der Waals surface area contributed by atoms with Crippen molar-refractivity contribution in [1.82, 2.24) is 0 Å². The molecule has 0 saturated heterocycles. The van der Waals surface area contributed by atoms with E-state index in [1.807, 2.05) is 6.08 Å². The molecule has 0 aromatic rings. The average molecular weight is 921 g/mol. The zero-order chi connectivity index (χ0) is 47.9. The van der Waals surface area contributed by atoms with Gasteiger partial charge in [0, 0.05) is 19.3 Å². The van der Waals surface area contributed by atoms with E-state index in [0.717, 1.165) is 64.2 Å². The molecule has 0 bridgehead atoms. The molecule has 0 spiro atoms. The van der Waals surface area contributed by atoms with Crippen LogP contribution in [-0.4, -0.2) is 37.2 Å². The molecule has 0 aliphatic heterocycles. The van der Waals surface area contributed by atoms with Gasteiger partial charge in [-0.25, -0.2) is 0 Å². The number of rotatable bonds is 50. The van der Waals surface area contributed by atoms with Crippen LogP contribution in [0, 0.1) is 0 Å². The van der Waals surface area contributed by atoms with Crippen LogP contribution >= 0.6 is 0 Å². The third-order valence-corrected chi connectivity index (χ3v) is 11.9. The molecule has 0 amide bonds. The number of carbonyl (C=O) groups excluding carboxylic acids is 3. The highest BCUT2D eigenvalue weighted by molar-refractivity contribution is 5.71. The van der Waals surface area contributed by atoms with Gasteiger partial charge in [-0.05, 0) is 96.3 Å². The maximum atomic E-state index is 12.8. The quantitative estimate of drug-likeness (QED) is 0.0262. The Morgan fingerprint density at radius 2 is 0.591 bits per heavy atom. The third kappa shape index (κ3) is 51.8. The molecule has 1 atom stereocenters. The van der Waals surface area contributed by atoms with Crippen LogP contribution in [0.1, 0.15) is 271 Å². The lowest BCUT2D eigenvalue weighted by Gasteiger charge is -2.18. The fraction of sp³-hybridized carbons (Fsp3) is 0.750. The first kappa shape index (κ1) is 62.8. The number of esters is 3. The van der Waals surface area contributed by atoms with Crippen LogP contribution in [-0.2, 0) is 28.6 Å². The second-order valence-corrected chi connectivity index (χ2v) is 18.5. The number of carbonyl (C=O) groups is 3. The fourth-order valence-electron chi connectivity index (χ4n) is 7.68. The van der Waals surface area contributed by atoms with Crippen molar-refractivity contribution >= 4 is 17.9 Å². The molecule has 0 aromatic heterocycles. The van der Waals surface area contributed by atoms with Crippen LogP contribution < -0.4 is 0 Å². The molecule has 0 radical (unpaired) electrons. The van der Waals surface area contributed by atoms with E-state index < -0.39 is 6.10 Å². The van der Waals surface area contributed by atoms with Crippen molar-refractivity contribution in [2.24, 2.45) is 0 Å². The Hall–Kier alpha value is -3.15. The summed E-state index contributed by atoms with van der Waals surface area (Å²) in [5, 5.41) is 0. The van der Waals surface area contributed by atoms with Crippen LogP contribution in [0.3, 0.4) is 0 Å². The lowest BCUT2D eigenvalue weighted by Crippen LogP contribution is -2.30. The monoisotopic (exact) mass is 921 g/mol. The van der Waals surface area contributed by atoms with E-state index >= 15 is 0 Å². The molecule has 0 heterocycles. The predicted molar refractivity (Wildman–Crippen MR) is 284 cm³/mol. The highest BCUT2D eigenvalue weighted by atomic mass is 16.6. The highest BCUT2D eigenvalue weighted by Crippen LogP contribution is 2.14. The average Bonchev–Trinajstić information content (AvgIpc) is 3.31. The number of unbranched alkanes of at least 4 members (excludes halogenated alkanes) is 27. The molecule has 6 nitrogen and oxygen atoms in total. The van der Waals surface area contributed by atoms with E-state index in [-0.39, 0.29) is 44.0 Å². The van der Waals surface area contributed by atoms with Crippen molar-refractivity contribution < 1.29 is 28.6 Å². The maximum absolute atomic E-state index is 12.8. The smallest absolute Gasteiger partial charge is 0.306 e. The Bertz CT molecular complexity index is 1240. The van der Waals surface area contributed by atoms with Gasteiger partial charge >= 0.3 is 17.9 Å². The van der Waals surface area contributed by atoms with Crippen LogP contribution in [0.25, 0.3) is 0 Å². The summed E-state index contributed by atoms with van der Waals surface area (Å²) in [4.78, 5) is 38.0. The van der Waals surface area contributed by atoms with Gasteiger partial charge < -0.3 is 14.2 Å². The Kier molecular flexibility index (Phi) is 51.9. The van der Waals surface area contributed by atoms with Gasteiger partial charge in [-0.2, -0.15) is 0 Å². The summed E-state index contributed by atoms with van der Waals surface area (Å²) in [6, 6.07) is 0. The number of hydrogen-bond acceptors (Lipinski definition) is 6. The van der Waals surface area contributed by atoms with E-state index in [1.165, 1.54) is 154 Å². The van der Waals surface area contributed by atoms with Crippen LogP contribution in [0.2, 0.25) is 0 Å². The topological polar surface area (TPSA) is 78.9 Å². The maximum Gasteiger partial charge on any atom is 0.306 e. The Balaban J connectivity index is 4.50. The largest absolute Gasteiger partial charge is 0.462 e. The van der Waals surface area contributed by atoms with E-state index in [2.05, 4.69) is 87.6 Å². The van der Waals surface area contributed by atoms with Crippen LogP contribution in [0.4, 0.5) is 0 Å². The number of allylic oxidation sites excluding steroid dienone is 12. The summed E-state index contributed by atoms with van der Waals surface area (Å²) in [5.74, 6) is -1.04. The van der Waals surface area contributed by atoms with E-state index in [1.54, 1.807) is 0 Å². The van der Waals surface area contributed by atoms with Crippen LogP contribution in [0.15, 0.2) is 72.9 Å². The molecule has 66 heavy (non-hydrogen) atoms. The Labute approximate surface area is 408 Å². The second-order valence-electron chi connectivity index (χ2n) is 18.5. The molecule has 0 saturated carbocycles. The van der Waals surface area contributed by atoms with E-state index in [4.69, 9.17) is 14.2 Å². The van der Waals surface area contributed by atoms with Gasteiger partial charge in [0.2, 0.25) is 0 Å². The molecule has 0 aliphatic rings. The molecule has 6 heteroatoms. The van der Waals surface area contributed by atoms with E-state index in [9.17, 15) is 14.4 Å². The molecule has 380 valence electrons. The van der Waals surface area contributed by atoms with Gasteiger partial charge in [-0.3, -0.25) is 14.4 Å². The van der Waals surface area contributed by atoms with Crippen molar-refractivity contribution in [2.75, 3.05) is 13.2 Å². The second kappa shape index (κ2) is 54.5. The van der Waals surface area contributed by atoms with Crippen LogP contribution in [0.5, 0.6) is 0 Å². The van der Waals surface area contributed by atoms with Crippen molar-refractivity contribution in [3.8, 4) is 0 Å². The zero-order valence-electron chi connectivity index (χ0n) is 43.4. The first-order valence-corrected chi connectivity index (χ1v) is 27.9. The first-order chi connectivity index (χ1) is 32.5. The SMILES string of the molecule is CCCCCCCC/C=C\C/C=C\C/C=C\CCCC(=O)OC(COC(=O)CC/C=C\C/C=C\CCCCCCCC)COC(=O)CCCCCCC/C=C\CCCCCCCCCCC. The standard InChI is InChI=1S/C60H104O6/c1-4-7-10-13-16-19-22-25-27-29-31-32-35-38-41-44-47-50-53-59(62)65-56-57(55-64-58(61)52-49-46-43-40-37-34-24-21-18-15-12-9-6-3)66-60(63)54-51-48-45-42-39-36-33-30-28-26-23-20-17-14-11-8-5-2/h26,28,31-34,36-37,42-43,45-46,57H,4-25,27,29-30,35,38-41,44,47-56H2,1-3H3/b28-26-,32-31-,36-33-,37-34-,45-42-,46-43-. The van der Waals surface area contributed by atoms with Crippen molar-refractivity contribution in [2.45, 2.75) is 277 Å². The molecular formula is C60H104O6.